The standard InChI is InChI=1S/C15H10F5NO3/c16-12-5-10(24-15(18,19)20)6-13(17)11(12)7-23-9-3-1-2-8(4-9)14(21)22/h1-6H,7H2,(H2,21,22). The lowest BCUT2D eigenvalue weighted by Crippen LogP contribution is -2.17. The number of halogens is 5. The van der Waals surface area contributed by atoms with Crippen molar-refractivity contribution in [1.82, 2.24) is 0 Å². The van der Waals surface area contributed by atoms with E-state index in [4.69, 9.17) is 10.5 Å². The van der Waals surface area contributed by atoms with Gasteiger partial charge in [-0.1, -0.05) is 6.07 Å². The second kappa shape index (κ2) is 6.73. The van der Waals surface area contributed by atoms with E-state index in [1.54, 1.807) is 0 Å². The Labute approximate surface area is 132 Å². The van der Waals surface area contributed by atoms with E-state index < -0.39 is 41.8 Å². The van der Waals surface area contributed by atoms with E-state index in [-0.39, 0.29) is 11.3 Å². The third kappa shape index (κ3) is 4.58. The highest BCUT2D eigenvalue weighted by atomic mass is 19.4. The van der Waals surface area contributed by atoms with Gasteiger partial charge in [-0.3, -0.25) is 4.79 Å². The number of amides is 1. The average Bonchev–Trinajstić information content (AvgIpc) is 2.44. The Morgan fingerprint density at radius 1 is 1.04 bits per heavy atom. The van der Waals surface area contributed by atoms with Crippen LogP contribution in [0.5, 0.6) is 11.5 Å². The number of ether oxygens (including phenoxy) is 2. The number of alkyl halides is 3. The summed E-state index contributed by atoms with van der Waals surface area (Å²) in [6, 6.07) is 6.34. The largest absolute Gasteiger partial charge is 0.573 e. The Morgan fingerprint density at radius 2 is 1.67 bits per heavy atom. The molecule has 2 rings (SSSR count). The zero-order valence-electron chi connectivity index (χ0n) is 11.9. The van der Waals surface area contributed by atoms with Crippen LogP contribution in [-0.4, -0.2) is 12.3 Å². The number of primary amides is 1. The highest BCUT2D eigenvalue weighted by Gasteiger charge is 2.32. The molecule has 2 aromatic carbocycles. The molecule has 0 fully saturated rings. The summed E-state index contributed by atoms with van der Waals surface area (Å²) in [7, 11) is 0. The van der Waals surface area contributed by atoms with Gasteiger partial charge in [-0.05, 0) is 18.2 Å². The summed E-state index contributed by atoms with van der Waals surface area (Å²) >= 11 is 0. The van der Waals surface area contributed by atoms with Gasteiger partial charge in [0.25, 0.3) is 0 Å². The number of benzene rings is 2. The van der Waals surface area contributed by atoms with Gasteiger partial charge in [-0.2, -0.15) is 0 Å². The van der Waals surface area contributed by atoms with Crippen LogP contribution in [0.3, 0.4) is 0 Å². The van der Waals surface area contributed by atoms with E-state index in [1.807, 2.05) is 0 Å². The van der Waals surface area contributed by atoms with Gasteiger partial charge < -0.3 is 15.2 Å². The molecule has 0 saturated heterocycles. The summed E-state index contributed by atoms with van der Waals surface area (Å²) in [6.07, 6.45) is -5.06. The first-order valence-electron chi connectivity index (χ1n) is 6.42. The molecule has 0 spiro atoms. The molecule has 2 N–H and O–H groups in total. The topological polar surface area (TPSA) is 61.6 Å². The third-order valence-electron chi connectivity index (χ3n) is 2.85. The fourth-order valence-electron chi connectivity index (χ4n) is 1.80. The van der Waals surface area contributed by atoms with Gasteiger partial charge in [-0.25, -0.2) is 8.78 Å². The molecule has 24 heavy (non-hydrogen) atoms. The molecule has 1 amide bonds. The fourth-order valence-corrected chi connectivity index (χ4v) is 1.80. The quantitative estimate of drug-likeness (QED) is 0.842. The summed E-state index contributed by atoms with van der Waals surface area (Å²) in [5.74, 6) is -4.15. The van der Waals surface area contributed by atoms with E-state index in [9.17, 15) is 26.7 Å². The Bertz CT molecular complexity index is 738. The van der Waals surface area contributed by atoms with E-state index in [0.29, 0.717) is 12.1 Å². The van der Waals surface area contributed by atoms with Crippen molar-refractivity contribution in [3.05, 3.63) is 59.2 Å². The predicted octanol–water partition coefficient (Wildman–Crippen LogP) is 3.54. The molecule has 0 atom stereocenters. The third-order valence-corrected chi connectivity index (χ3v) is 2.85. The first kappa shape index (κ1) is 17.5. The average molecular weight is 347 g/mol. The molecule has 0 aliphatic heterocycles. The van der Waals surface area contributed by atoms with Crippen molar-refractivity contribution in [2.75, 3.05) is 0 Å². The SMILES string of the molecule is NC(=O)c1cccc(OCc2c(F)cc(OC(F)(F)F)cc2F)c1. The van der Waals surface area contributed by atoms with Gasteiger partial charge in [0.15, 0.2) is 0 Å². The zero-order chi connectivity index (χ0) is 17.9. The van der Waals surface area contributed by atoms with E-state index in [1.165, 1.54) is 24.3 Å². The molecule has 4 nitrogen and oxygen atoms in total. The number of hydrogen-bond acceptors (Lipinski definition) is 3. The molecular weight excluding hydrogens is 337 g/mol. The molecule has 0 heterocycles. The molecule has 9 heteroatoms. The summed E-state index contributed by atoms with van der Waals surface area (Å²) in [6.45, 7) is -0.605. The maximum Gasteiger partial charge on any atom is 0.573 e. The van der Waals surface area contributed by atoms with Gasteiger partial charge in [-0.15, -0.1) is 13.2 Å². The molecule has 0 aliphatic rings. The number of carbonyl (C=O) groups is 1. The number of nitrogens with two attached hydrogens (primary N) is 1. The second-order valence-corrected chi connectivity index (χ2v) is 4.59. The minimum absolute atomic E-state index is 0.112. The summed E-state index contributed by atoms with van der Waals surface area (Å²) in [4.78, 5) is 11.0. The molecule has 2 aromatic rings. The van der Waals surface area contributed by atoms with Crippen LogP contribution in [0, 0.1) is 11.6 Å². The molecule has 0 unspecified atom stereocenters. The van der Waals surface area contributed by atoms with Crippen molar-refractivity contribution >= 4 is 5.91 Å². The molecule has 0 bridgehead atoms. The van der Waals surface area contributed by atoms with E-state index >= 15 is 0 Å². The maximum absolute atomic E-state index is 13.8. The van der Waals surface area contributed by atoms with Crippen LogP contribution in [0.15, 0.2) is 36.4 Å². The van der Waals surface area contributed by atoms with Crippen molar-refractivity contribution in [2.24, 2.45) is 5.73 Å². The van der Waals surface area contributed by atoms with Gasteiger partial charge in [0.1, 0.15) is 29.7 Å². The molecule has 128 valence electrons. The smallest absolute Gasteiger partial charge is 0.489 e. The Balaban J connectivity index is 2.16. The van der Waals surface area contributed by atoms with Gasteiger partial charge in [0, 0.05) is 17.7 Å². The summed E-state index contributed by atoms with van der Waals surface area (Å²) in [5.41, 5.74) is 4.62. The monoisotopic (exact) mass is 347 g/mol. The van der Waals surface area contributed by atoms with Crippen LogP contribution in [-0.2, 0) is 6.61 Å². The van der Waals surface area contributed by atoms with Crippen molar-refractivity contribution < 1.29 is 36.2 Å². The molecule has 0 aliphatic carbocycles. The fraction of sp³-hybridized carbons (Fsp3) is 0.133. The minimum Gasteiger partial charge on any atom is -0.489 e. The van der Waals surface area contributed by atoms with Gasteiger partial charge in [0.2, 0.25) is 5.91 Å². The van der Waals surface area contributed by atoms with Crippen LogP contribution in [0.1, 0.15) is 15.9 Å². The van der Waals surface area contributed by atoms with Gasteiger partial charge >= 0.3 is 6.36 Å². The first-order valence-corrected chi connectivity index (χ1v) is 6.42. The highest BCUT2D eigenvalue weighted by molar-refractivity contribution is 5.93. The zero-order valence-corrected chi connectivity index (χ0v) is 11.9. The predicted molar refractivity (Wildman–Crippen MR) is 72.3 cm³/mol. The lowest BCUT2D eigenvalue weighted by atomic mass is 10.2. The van der Waals surface area contributed by atoms with Crippen LogP contribution in [0.25, 0.3) is 0 Å². The summed E-state index contributed by atoms with van der Waals surface area (Å²) in [5, 5.41) is 0. The van der Waals surface area contributed by atoms with Crippen molar-refractivity contribution in [3.63, 3.8) is 0 Å². The van der Waals surface area contributed by atoms with Crippen LogP contribution < -0.4 is 15.2 Å². The molecule has 0 saturated carbocycles. The van der Waals surface area contributed by atoms with Crippen molar-refractivity contribution in [3.8, 4) is 11.5 Å². The Morgan fingerprint density at radius 3 is 2.21 bits per heavy atom. The first-order chi connectivity index (χ1) is 11.2. The maximum atomic E-state index is 13.8. The lowest BCUT2D eigenvalue weighted by molar-refractivity contribution is -0.274. The summed E-state index contributed by atoms with van der Waals surface area (Å²) < 4.78 is 72.2. The van der Waals surface area contributed by atoms with Crippen LogP contribution in [0.4, 0.5) is 22.0 Å². The normalized spacial score (nSPS) is 11.2. The lowest BCUT2D eigenvalue weighted by Gasteiger charge is -2.12. The minimum atomic E-state index is -5.06. The molecular formula is C15H10F5NO3. The van der Waals surface area contributed by atoms with Gasteiger partial charge in [0.05, 0.1) is 5.56 Å². The van der Waals surface area contributed by atoms with Crippen LogP contribution in [0.2, 0.25) is 0 Å². The Hall–Kier alpha value is -2.84. The Kier molecular flexibility index (Phi) is 4.91. The molecule has 0 radical (unpaired) electrons. The number of hydrogen-bond donors (Lipinski definition) is 1. The van der Waals surface area contributed by atoms with E-state index in [2.05, 4.69) is 4.74 Å². The van der Waals surface area contributed by atoms with Crippen LogP contribution >= 0.6 is 0 Å². The second-order valence-electron chi connectivity index (χ2n) is 4.59. The number of rotatable bonds is 5. The van der Waals surface area contributed by atoms with Crippen molar-refractivity contribution in [1.29, 1.82) is 0 Å². The van der Waals surface area contributed by atoms with E-state index in [0.717, 1.165) is 0 Å². The highest BCUT2D eigenvalue weighted by Crippen LogP contribution is 2.27. The number of carbonyl (C=O) groups excluding carboxylic acids is 1. The molecule has 0 aromatic heterocycles. The van der Waals surface area contributed by atoms with Crippen molar-refractivity contribution in [2.45, 2.75) is 13.0 Å².